The molecule has 84 valence electrons. The molecule has 0 amide bonds. The van der Waals surface area contributed by atoms with Crippen molar-refractivity contribution in [2.75, 3.05) is 13.6 Å². The van der Waals surface area contributed by atoms with E-state index in [0.29, 0.717) is 0 Å². The maximum absolute atomic E-state index is 5.28. The van der Waals surface area contributed by atoms with E-state index >= 15 is 0 Å². The van der Waals surface area contributed by atoms with Crippen LogP contribution in [0.25, 0.3) is 0 Å². The fraction of sp³-hybridized carbons (Fsp3) is 0.545. The lowest BCUT2D eigenvalue weighted by Gasteiger charge is -2.20. The van der Waals surface area contributed by atoms with Gasteiger partial charge in [0, 0.05) is 20.1 Å². The molecule has 4 heteroatoms. The lowest BCUT2D eigenvalue weighted by Crippen LogP contribution is -2.36. The zero-order chi connectivity index (χ0) is 11.1. The average Bonchev–Trinajstić information content (AvgIpc) is 2.70. The molecule has 0 fully saturated rings. The summed E-state index contributed by atoms with van der Waals surface area (Å²) in [6.07, 6.45) is 2.37. The van der Waals surface area contributed by atoms with Gasteiger partial charge in [0.25, 0.3) is 0 Å². The van der Waals surface area contributed by atoms with Crippen molar-refractivity contribution >= 4 is 28.7 Å². The van der Waals surface area contributed by atoms with Gasteiger partial charge in [-0.2, -0.15) is 11.3 Å². The number of hydrogen-bond acceptors (Lipinski definition) is 2. The molecular formula is C11H18N2S2. The van der Waals surface area contributed by atoms with Crippen LogP contribution in [-0.2, 0) is 6.54 Å². The van der Waals surface area contributed by atoms with Crippen molar-refractivity contribution in [1.82, 2.24) is 10.2 Å². The van der Waals surface area contributed by atoms with E-state index in [1.807, 2.05) is 7.05 Å². The molecular weight excluding hydrogens is 224 g/mol. The second-order valence-electron chi connectivity index (χ2n) is 3.57. The summed E-state index contributed by atoms with van der Waals surface area (Å²) in [5.74, 6) is 0. The first-order valence-corrected chi connectivity index (χ1v) is 6.59. The van der Waals surface area contributed by atoms with E-state index in [0.717, 1.165) is 18.2 Å². The van der Waals surface area contributed by atoms with E-state index in [1.165, 1.54) is 18.4 Å². The molecule has 1 heterocycles. The highest BCUT2D eigenvalue weighted by atomic mass is 32.1. The van der Waals surface area contributed by atoms with Crippen LogP contribution in [0.2, 0.25) is 0 Å². The SMILES string of the molecule is CCCCNC(=S)N(C)Cc1ccsc1. The Kier molecular flexibility index (Phi) is 5.65. The molecule has 0 atom stereocenters. The minimum atomic E-state index is 0.842. The largest absolute Gasteiger partial charge is 0.363 e. The van der Waals surface area contributed by atoms with Crippen molar-refractivity contribution in [3.8, 4) is 0 Å². The highest BCUT2D eigenvalue weighted by Gasteiger charge is 2.04. The summed E-state index contributed by atoms with van der Waals surface area (Å²) in [6, 6.07) is 2.13. The monoisotopic (exact) mass is 242 g/mol. The summed E-state index contributed by atoms with van der Waals surface area (Å²) in [7, 11) is 2.03. The van der Waals surface area contributed by atoms with Crippen molar-refractivity contribution in [3.63, 3.8) is 0 Å². The van der Waals surface area contributed by atoms with E-state index in [2.05, 4.69) is 34.0 Å². The van der Waals surface area contributed by atoms with Crippen LogP contribution in [0.4, 0.5) is 0 Å². The van der Waals surface area contributed by atoms with Crippen LogP contribution in [0.3, 0.4) is 0 Å². The number of unbranched alkanes of at least 4 members (excludes halogenated alkanes) is 1. The van der Waals surface area contributed by atoms with Gasteiger partial charge >= 0.3 is 0 Å². The first kappa shape index (κ1) is 12.5. The van der Waals surface area contributed by atoms with Crippen LogP contribution in [0.1, 0.15) is 25.3 Å². The maximum atomic E-state index is 5.28. The van der Waals surface area contributed by atoms with Gasteiger partial charge in [-0.05, 0) is 41.0 Å². The van der Waals surface area contributed by atoms with Gasteiger partial charge in [-0.1, -0.05) is 13.3 Å². The third-order valence-electron chi connectivity index (χ3n) is 2.15. The molecule has 1 aromatic rings. The van der Waals surface area contributed by atoms with Crippen molar-refractivity contribution in [3.05, 3.63) is 22.4 Å². The Hall–Kier alpha value is -0.610. The van der Waals surface area contributed by atoms with Crippen LogP contribution in [0.5, 0.6) is 0 Å². The summed E-state index contributed by atoms with van der Waals surface area (Å²) in [4.78, 5) is 2.08. The third kappa shape index (κ3) is 4.62. The molecule has 0 saturated heterocycles. The molecule has 0 unspecified atom stereocenters. The van der Waals surface area contributed by atoms with Crippen LogP contribution >= 0.6 is 23.6 Å². The number of rotatable bonds is 5. The van der Waals surface area contributed by atoms with Gasteiger partial charge in [-0.25, -0.2) is 0 Å². The standard InChI is InChI=1S/C11H18N2S2/c1-3-4-6-12-11(14)13(2)8-10-5-7-15-9-10/h5,7,9H,3-4,6,8H2,1-2H3,(H,12,14). The van der Waals surface area contributed by atoms with E-state index in [9.17, 15) is 0 Å². The van der Waals surface area contributed by atoms with E-state index in [1.54, 1.807) is 11.3 Å². The number of hydrogen-bond donors (Lipinski definition) is 1. The first-order valence-electron chi connectivity index (χ1n) is 5.24. The lowest BCUT2D eigenvalue weighted by molar-refractivity contribution is 0.488. The van der Waals surface area contributed by atoms with Crippen molar-refractivity contribution in [1.29, 1.82) is 0 Å². The molecule has 0 aliphatic carbocycles. The Morgan fingerprint density at radius 1 is 1.60 bits per heavy atom. The van der Waals surface area contributed by atoms with Gasteiger partial charge in [0.15, 0.2) is 5.11 Å². The summed E-state index contributed by atoms with van der Waals surface area (Å²) in [5.41, 5.74) is 1.32. The number of nitrogens with zero attached hydrogens (tertiary/aromatic N) is 1. The summed E-state index contributed by atoms with van der Waals surface area (Å²) < 4.78 is 0. The van der Waals surface area contributed by atoms with Crippen molar-refractivity contribution in [2.45, 2.75) is 26.3 Å². The molecule has 0 aromatic carbocycles. The molecule has 1 aromatic heterocycles. The highest BCUT2D eigenvalue weighted by molar-refractivity contribution is 7.80. The Balaban J connectivity index is 2.27. The molecule has 1 rings (SSSR count). The lowest BCUT2D eigenvalue weighted by atomic mass is 10.3. The van der Waals surface area contributed by atoms with Crippen LogP contribution in [0, 0.1) is 0 Å². The Bertz CT molecular complexity index is 283. The highest BCUT2D eigenvalue weighted by Crippen LogP contribution is 2.08. The Morgan fingerprint density at radius 2 is 2.40 bits per heavy atom. The zero-order valence-electron chi connectivity index (χ0n) is 9.32. The minimum Gasteiger partial charge on any atom is -0.363 e. The van der Waals surface area contributed by atoms with E-state index in [4.69, 9.17) is 12.2 Å². The summed E-state index contributed by atoms with van der Waals surface area (Å²) in [6.45, 7) is 4.05. The first-order chi connectivity index (χ1) is 7.24. The van der Waals surface area contributed by atoms with Crippen LogP contribution in [-0.4, -0.2) is 23.6 Å². The van der Waals surface area contributed by atoms with Crippen molar-refractivity contribution < 1.29 is 0 Å². The van der Waals surface area contributed by atoms with Crippen LogP contribution in [0.15, 0.2) is 16.8 Å². The number of nitrogens with one attached hydrogen (secondary N) is 1. The van der Waals surface area contributed by atoms with Gasteiger partial charge in [-0.3, -0.25) is 0 Å². The topological polar surface area (TPSA) is 15.3 Å². The molecule has 0 spiro atoms. The quantitative estimate of drug-likeness (QED) is 0.631. The van der Waals surface area contributed by atoms with Gasteiger partial charge in [0.2, 0.25) is 0 Å². The zero-order valence-corrected chi connectivity index (χ0v) is 11.0. The van der Waals surface area contributed by atoms with Gasteiger partial charge in [0.1, 0.15) is 0 Å². The third-order valence-corrected chi connectivity index (χ3v) is 3.34. The summed E-state index contributed by atoms with van der Waals surface area (Å²) >= 11 is 7.01. The molecule has 15 heavy (non-hydrogen) atoms. The van der Waals surface area contributed by atoms with E-state index in [-0.39, 0.29) is 0 Å². The smallest absolute Gasteiger partial charge is 0.168 e. The molecule has 2 nitrogen and oxygen atoms in total. The Labute approximate surface area is 101 Å². The maximum Gasteiger partial charge on any atom is 0.168 e. The fourth-order valence-electron chi connectivity index (χ4n) is 1.24. The molecule has 0 saturated carbocycles. The average molecular weight is 242 g/mol. The van der Waals surface area contributed by atoms with Gasteiger partial charge in [-0.15, -0.1) is 0 Å². The normalized spacial score (nSPS) is 10.0. The molecule has 0 aliphatic heterocycles. The number of thiophene rings is 1. The minimum absolute atomic E-state index is 0.842. The van der Waals surface area contributed by atoms with Crippen LogP contribution < -0.4 is 5.32 Å². The predicted octanol–water partition coefficient (Wildman–Crippen LogP) is 2.85. The molecule has 0 aliphatic rings. The second kappa shape index (κ2) is 6.80. The van der Waals surface area contributed by atoms with E-state index < -0.39 is 0 Å². The molecule has 0 bridgehead atoms. The van der Waals surface area contributed by atoms with Gasteiger partial charge in [0.05, 0.1) is 0 Å². The Morgan fingerprint density at radius 3 is 3.00 bits per heavy atom. The molecule has 0 radical (unpaired) electrons. The predicted molar refractivity (Wildman–Crippen MR) is 71.3 cm³/mol. The fourth-order valence-corrected chi connectivity index (χ4v) is 2.06. The van der Waals surface area contributed by atoms with Crippen molar-refractivity contribution in [2.24, 2.45) is 0 Å². The molecule has 1 N–H and O–H groups in total. The number of thiocarbonyl (C=S) groups is 1. The second-order valence-corrected chi connectivity index (χ2v) is 4.74. The van der Waals surface area contributed by atoms with Gasteiger partial charge < -0.3 is 10.2 Å². The summed E-state index contributed by atoms with van der Waals surface area (Å²) in [5, 5.41) is 8.35.